The van der Waals surface area contributed by atoms with Gasteiger partial charge in [-0.25, -0.2) is 4.68 Å². The van der Waals surface area contributed by atoms with Crippen LogP contribution in [-0.4, -0.2) is 28.8 Å². The average molecular weight is 391 g/mol. The molecule has 1 atom stereocenters. The van der Waals surface area contributed by atoms with Crippen molar-refractivity contribution in [2.75, 3.05) is 13.2 Å². The summed E-state index contributed by atoms with van der Waals surface area (Å²) in [6.07, 6.45) is 0. The predicted molar refractivity (Wildman–Crippen MR) is 113 cm³/mol. The molecule has 0 fully saturated rings. The minimum atomic E-state index is -0.729. The number of benzene rings is 2. The predicted octanol–water partition coefficient (Wildman–Crippen LogP) is 3.28. The normalized spacial score (nSPS) is 11.7. The number of carbonyl (C=O) groups is 1. The van der Waals surface area contributed by atoms with Gasteiger partial charge in [-0.2, -0.15) is 5.10 Å². The van der Waals surface area contributed by atoms with Gasteiger partial charge in [-0.3, -0.25) is 9.59 Å². The molecular formula is C23H25N3O3. The molecule has 0 saturated heterocycles. The fourth-order valence-electron chi connectivity index (χ4n) is 2.82. The van der Waals surface area contributed by atoms with E-state index in [1.807, 2.05) is 62.4 Å². The summed E-state index contributed by atoms with van der Waals surface area (Å²) in [4.78, 5) is 24.7. The van der Waals surface area contributed by atoms with Crippen LogP contribution in [0.2, 0.25) is 0 Å². The van der Waals surface area contributed by atoms with Crippen LogP contribution in [-0.2, 0) is 4.79 Å². The van der Waals surface area contributed by atoms with Crippen LogP contribution >= 0.6 is 0 Å². The first-order valence-corrected chi connectivity index (χ1v) is 9.58. The third kappa shape index (κ3) is 5.31. The summed E-state index contributed by atoms with van der Waals surface area (Å²) in [6.45, 7) is 6.35. The van der Waals surface area contributed by atoms with Crippen molar-refractivity contribution in [3.63, 3.8) is 0 Å². The van der Waals surface area contributed by atoms with Gasteiger partial charge in [0.2, 0.25) is 5.91 Å². The molecule has 0 bridgehead atoms. The lowest BCUT2D eigenvalue weighted by Crippen LogP contribution is -2.38. The second-order valence-electron chi connectivity index (χ2n) is 7.00. The van der Waals surface area contributed by atoms with Crippen LogP contribution in [0.3, 0.4) is 0 Å². The fraction of sp³-hybridized carbons (Fsp3) is 0.261. The van der Waals surface area contributed by atoms with Crippen molar-refractivity contribution < 1.29 is 9.53 Å². The molecule has 3 aromatic rings. The highest BCUT2D eigenvalue weighted by Crippen LogP contribution is 2.16. The highest BCUT2D eigenvalue weighted by molar-refractivity contribution is 5.79. The molecule has 0 aliphatic heterocycles. The SMILES string of the molecule is Cc1ccc(OCCNC(=O)C(C)n2nc(-c3ccc(C)cc3)ccc2=O)cc1. The van der Waals surface area contributed by atoms with E-state index in [0.717, 1.165) is 22.4 Å². The van der Waals surface area contributed by atoms with E-state index in [0.29, 0.717) is 18.8 Å². The Kier molecular flexibility index (Phi) is 6.44. The van der Waals surface area contributed by atoms with E-state index in [1.54, 1.807) is 13.0 Å². The number of hydrogen-bond donors (Lipinski definition) is 1. The molecule has 0 aliphatic carbocycles. The number of rotatable bonds is 7. The summed E-state index contributed by atoms with van der Waals surface area (Å²) in [5, 5.41) is 7.18. The molecule has 2 aromatic carbocycles. The van der Waals surface area contributed by atoms with Gasteiger partial charge in [0.1, 0.15) is 18.4 Å². The molecule has 1 N–H and O–H groups in total. The molecule has 1 unspecified atom stereocenters. The van der Waals surface area contributed by atoms with Crippen LogP contribution < -0.4 is 15.6 Å². The van der Waals surface area contributed by atoms with Crippen LogP contribution in [0.15, 0.2) is 65.5 Å². The minimum absolute atomic E-state index is 0.284. The first-order chi connectivity index (χ1) is 13.9. The number of nitrogens with zero attached hydrogens (tertiary/aromatic N) is 2. The second-order valence-corrected chi connectivity index (χ2v) is 7.00. The third-order valence-electron chi connectivity index (χ3n) is 4.61. The molecule has 0 saturated carbocycles. The van der Waals surface area contributed by atoms with Crippen molar-refractivity contribution in [2.24, 2.45) is 0 Å². The van der Waals surface area contributed by atoms with Crippen molar-refractivity contribution in [1.29, 1.82) is 0 Å². The zero-order valence-electron chi connectivity index (χ0n) is 16.9. The quantitative estimate of drug-likeness (QED) is 0.628. The lowest BCUT2D eigenvalue weighted by molar-refractivity contribution is -0.124. The Bertz CT molecular complexity index is 1020. The molecule has 1 heterocycles. The maximum absolute atomic E-state index is 12.5. The van der Waals surface area contributed by atoms with Gasteiger partial charge in [-0.05, 0) is 39.0 Å². The first kappa shape index (κ1) is 20.3. The lowest BCUT2D eigenvalue weighted by atomic mass is 10.1. The number of carbonyl (C=O) groups excluding carboxylic acids is 1. The Hall–Kier alpha value is -3.41. The van der Waals surface area contributed by atoms with Gasteiger partial charge < -0.3 is 10.1 Å². The fourth-order valence-corrected chi connectivity index (χ4v) is 2.82. The molecule has 3 rings (SSSR count). The lowest BCUT2D eigenvalue weighted by Gasteiger charge is -2.15. The van der Waals surface area contributed by atoms with Crippen molar-refractivity contribution in [1.82, 2.24) is 15.1 Å². The van der Waals surface area contributed by atoms with E-state index in [1.165, 1.54) is 10.7 Å². The highest BCUT2D eigenvalue weighted by Gasteiger charge is 2.17. The van der Waals surface area contributed by atoms with Crippen LogP contribution in [0.5, 0.6) is 5.75 Å². The number of ether oxygens (including phenoxy) is 1. The maximum Gasteiger partial charge on any atom is 0.267 e. The van der Waals surface area contributed by atoms with Crippen molar-refractivity contribution >= 4 is 5.91 Å². The Morgan fingerprint density at radius 2 is 1.62 bits per heavy atom. The number of amides is 1. The van der Waals surface area contributed by atoms with Crippen LogP contribution in [0.4, 0.5) is 0 Å². The molecule has 29 heavy (non-hydrogen) atoms. The summed E-state index contributed by atoms with van der Waals surface area (Å²) in [5.74, 6) is 0.467. The molecule has 1 aromatic heterocycles. The van der Waals surface area contributed by atoms with E-state index in [2.05, 4.69) is 10.4 Å². The standard InChI is InChI=1S/C23H25N3O3/c1-16-4-8-19(9-5-16)21-12-13-22(27)26(25-21)18(3)23(28)24-14-15-29-20-10-6-17(2)7-11-20/h4-13,18H,14-15H2,1-3H3,(H,24,28). The van der Waals surface area contributed by atoms with Crippen molar-refractivity contribution in [3.8, 4) is 17.0 Å². The number of nitrogens with one attached hydrogen (secondary N) is 1. The van der Waals surface area contributed by atoms with Crippen molar-refractivity contribution in [2.45, 2.75) is 26.8 Å². The average Bonchev–Trinajstić information content (AvgIpc) is 2.73. The van der Waals surface area contributed by atoms with Gasteiger partial charge >= 0.3 is 0 Å². The van der Waals surface area contributed by atoms with E-state index in [4.69, 9.17) is 4.74 Å². The minimum Gasteiger partial charge on any atom is -0.492 e. The van der Waals surface area contributed by atoms with Crippen LogP contribution in [0.25, 0.3) is 11.3 Å². The zero-order chi connectivity index (χ0) is 20.8. The van der Waals surface area contributed by atoms with Gasteiger partial charge in [-0.1, -0.05) is 47.5 Å². The third-order valence-corrected chi connectivity index (χ3v) is 4.61. The summed E-state index contributed by atoms with van der Waals surface area (Å²) < 4.78 is 6.82. The number of aryl methyl sites for hydroxylation is 2. The molecule has 6 heteroatoms. The molecular weight excluding hydrogens is 366 g/mol. The van der Waals surface area contributed by atoms with Crippen molar-refractivity contribution in [3.05, 3.63) is 82.1 Å². The number of hydrogen-bond acceptors (Lipinski definition) is 4. The number of aromatic nitrogens is 2. The largest absolute Gasteiger partial charge is 0.492 e. The molecule has 0 aliphatic rings. The summed E-state index contributed by atoms with van der Waals surface area (Å²) >= 11 is 0. The highest BCUT2D eigenvalue weighted by atomic mass is 16.5. The summed E-state index contributed by atoms with van der Waals surface area (Å²) in [7, 11) is 0. The summed E-state index contributed by atoms with van der Waals surface area (Å²) in [6, 6.07) is 17.9. The van der Waals surface area contributed by atoms with E-state index < -0.39 is 6.04 Å². The van der Waals surface area contributed by atoms with Crippen LogP contribution in [0, 0.1) is 13.8 Å². The van der Waals surface area contributed by atoms with Gasteiger partial charge in [-0.15, -0.1) is 0 Å². The van der Waals surface area contributed by atoms with Gasteiger partial charge in [0.05, 0.1) is 12.2 Å². The maximum atomic E-state index is 12.5. The first-order valence-electron chi connectivity index (χ1n) is 9.58. The molecule has 6 nitrogen and oxygen atoms in total. The van der Waals surface area contributed by atoms with E-state index in [9.17, 15) is 9.59 Å². The molecule has 1 amide bonds. The monoisotopic (exact) mass is 391 g/mol. The smallest absolute Gasteiger partial charge is 0.267 e. The van der Waals surface area contributed by atoms with Gasteiger partial charge in [0.15, 0.2) is 0 Å². The molecule has 0 radical (unpaired) electrons. The second kappa shape index (κ2) is 9.19. The van der Waals surface area contributed by atoms with Gasteiger partial charge in [0, 0.05) is 11.6 Å². The van der Waals surface area contributed by atoms with Crippen LogP contribution in [0.1, 0.15) is 24.1 Å². The Balaban J connectivity index is 1.61. The topological polar surface area (TPSA) is 73.2 Å². The Morgan fingerprint density at radius 3 is 2.28 bits per heavy atom. The Labute approximate surface area is 170 Å². The van der Waals surface area contributed by atoms with E-state index >= 15 is 0 Å². The molecule has 150 valence electrons. The Morgan fingerprint density at radius 1 is 1.00 bits per heavy atom. The van der Waals surface area contributed by atoms with E-state index in [-0.39, 0.29) is 11.5 Å². The molecule has 0 spiro atoms. The van der Waals surface area contributed by atoms with Gasteiger partial charge in [0.25, 0.3) is 5.56 Å². The zero-order valence-corrected chi connectivity index (χ0v) is 16.9. The summed E-state index contributed by atoms with van der Waals surface area (Å²) in [5.41, 5.74) is 3.52.